The second-order valence-corrected chi connectivity index (χ2v) is 5.89. The average Bonchev–Trinajstić information content (AvgIpc) is 3.05. The fourth-order valence-electron chi connectivity index (χ4n) is 2.86. The number of methoxy groups -OCH3 is 1. The maximum absolute atomic E-state index is 12.4. The van der Waals surface area contributed by atoms with Gasteiger partial charge in [0.2, 0.25) is 0 Å². The van der Waals surface area contributed by atoms with Crippen LogP contribution in [0.1, 0.15) is 19.2 Å². The van der Waals surface area contributed by atoms with E-state index < -0.39 is 0 Å². The monoisotopic (exact) mass is 329 g/mol. The molecule has 0 radical (unpaired) electrons. The zero-order chi connectivity index (χ0) is 16.9. The van der Waals surface area contributed by atoms with Gasteiger partial charge in [0.1, 0.15) is 0 Å². The minimum Gasteiger partial charge on any atom is -0.383 e. The van der Waals surface area contributed by atoms with Crippen LogP contribution < -0.4 is 5.32 Å². The molecule has 2 heterocycles. The summed E-state index contributed by atoms with van der Waals surface area (Å²) in [6.45, 7) is 4.35. The Labute approximate surface area is 141 Å². The molecule has 1 N–H and O–H groups in total. The lowest BCUT2D eigenvalue weighted by Crippen LogP contribution is -2.48. The Morgan fingerprint density at radius 1 is 1.29 bits per heavy atom. The molecule has 0 bridgehead atoms. The Hall–Kier alpha value is -2.41. The number of fused-ring (bicyclic) bond motifs is 1. The number of nitrogens with one attached hydrogen (secondary N) is 1. The van der Waals surface area contributed by atoms with Crippen molar-refractivity contribution in [1.29, 1.82) is 0 Å². The first-order chi connectivity index (χ1) is 11.7. The minimum absolute atomic E-state index is 0.0298. The second kappa shape index (κ2) is 7.44. The highest BCUT2D eigenvalue weighted by Gasteiger charge is 2.25. The van der Waals surface area contributed by atoms with E-state index in [1.807, 2.05) is 37.3 Å². The van der Waals surface area contributed by atoms with E-state index >= 15 is 0 Å². The van der Waals surface area contributed by atoms with Crippen molar-refractivity contribution in [3.8, 4) is 11.4 Å². The zero-order valence-electron chi connectivity index (χ0n) is 14.1. The molecule has 1 atom stereocenters. The molecule has 0 saturated carbocycles. The smallest absolute Gasteiger partial charge is 0.318 e. The maximum atomic E-state index is 12.4. The number of nitrogens with zero attached hydrogens (tertiary/aromatic N) is 4. The molecular weight excluding hydrogens is 306 g/mol. The lowest BCUT2D eigenvalue weighted by atomic mass is 10.2. The number of hydrogen-bond acceptors (Lipinski definition) is 4. The van der Waals surface area contributed by atoms with Crippen LogP contribution >= 0.6 is 0 Å². The molecule has 24 heavy (non-hydrogen) atoms. The molecule has 1 aromatic carbocycles. The molecule has 0 spiro atoms. The predicted octanol–water partition coefficient (Wildman–Crippen LogP) is 1.90. The van der Waals surface area contributed by atoms with Gasteiger partial charge in [0, 0.05) is 25.8 Å². The molecule has 1 aliphatic heterocycles. The first kappa shape index (κ1) is 16.4. The standard InChI is InChI=1S/C17H23N5O2/c1-3-14(12-24-2)18-17(23)21-9-10-22-15(11-21)19-20-16(22)13-7-5-4-6-8-13/h4-8,14H,3,9-12H2,1-2H3,(H,18,23). The van der Waals surface area contributed by atoms with E-state index in [9.17, 15) is 4.79 Å². The molecule has 7 nitrogen and oxygen atoms in total. The number of carbonyl (C=O) groups excluding carboxylic acids is 1. The quantitative estimate of drug-likeness (QED) is 0.909. The zero-order valence-corrected chi connectivity index (χ0v) is 14.1. The van der Waals surface area contributed by atoms with Crippen molar-refractivity contribution in [3.05, 3.63) is 36.2 Å². The number of rotatable bonds is 5. The van der Waals surface area contributed by atoms with E-state index in [1.165, 1.54) is 0 Å². The molecule has 1 aliphatic rings. The number of urea groups is 1. The van der Waals surface area contributed by atoms with E-state index in [-0.39, 0.29) is 12.1 Å². The summed E-state index contributed by atoms with van der Waals surface area (Å²) in [4.78, 5) is 14.2. The van der Waals surface area contributed by atoms with Crippen molar-refractivity contribution < 1.29 is 9.53 Å². The fourth-order valence-corrected chi connectivity index (χ4v) is 2.86. The van der Waals surface area contributed by atoms with Crippen LogP contribution in [-0.4, -0.2) is 52.0 Å². The summed E-state index contributed by atoms with van der Waals surface area (Å²) >= 11 is 0. The van der Waals surface area contributed by atoms with Crippen molar-refractivity contribution in [2.45, 2.75) is 32.5 Å². The van der Waals surface area contributed by atoms with Crippen molar-refractivity contribution in [1.82, 2.24) is 25.0 Å². The van der Waals surface area contributed by atoms with E-state index in [1.54, 1.807) is 12.0 Å². The Kier molecular flexibility index (Phi) is 5.10. The molecule has 1 aromatic heterocycles. The molecule has 7 heteroatoms. The van der Waals surface area contributed by atoms with Crippen molar-refractivity contribution in [3.63, 3.8) is 0 Å². The third-order valence-corrected chi connectivity index (χ3v) is 4.26. The normalized spacial score (nSPS) is 15.0. The number of amides is 2. The SMILES string of the molecule is CCC(COC)NC(=O)N1CCn2c(nnc2-c2ccccc2)C1. The van der Waals surface area contributed by atoms with Gasteiger partial charge in [-0.3, -0.25) is 0 Å². The highest BCUT2D eigenvalue weighted by Crippen LogP contribution is 2.21. The minimum atomic E-state index is -0.0746. The topological polar surface area (TPSA) is 72.3 Å². The molecule has 0 aliphatic carbocycles. The second-order valence-electron chi connectivity index (χ2n) is 5.89. The average molecular weight is 329 g/mol. The van der Waals surface area contributed by atoms with Crippen LogP contribution in [-0.2, 0) is 17.8 Å². The molecule has 0 saturated heterocycles. The fraction of sp³-hybridized carbons (Fsp3) is 0.471. The summed E-state index contributed by atoms with van der Waals surface area (Å²) in [5, 5.41) is 11.6. The third kappa shape index (κ3) is 3.41. The van der Waals surface area contributed by atoms with Gasteiger partial charge in [-0.15, -0.1) is 10.2 Å². The Bertz CT molecular complexity index is 686. The highest BCUT2D eigenvalue weighted by molar-refractivity contribution is 5.74. The van der Waals surface area contributed by atoms with Crippen LogP contribution in [0, 0.1) is 0 Å². The summed E-state index contributed by atoms with van der Waals surface area (Å²) in [7, 11) is 1.64. The van der Waals surface area contributed by atoms with Gasteiger partial charge >= 0.3 is 6.03 Å². The van der Waals surface area contributed by atoms with Crippen LogP contribution in [0.2, 0.25) is 0 Å². The van der Waals surface area contributed by atoms with E-state index in [0.717, 1.165) is 23.6 Å². The van der Waals surface area contributed by atoms with Gasteiger partial charge < -0.3 is 19.5 Å². The van der Waals surface area contributed by atoms with Gasteiger partial charge in [-0.2, -0.15) is 0 Å². The molecular formula is C17H23N5O2. The van der Waals surface area contributed by atoms with Crippen LogP contribution in [0.4, 0.5) is 4.79 Å². The van der Waals surface area contributed by atoms with Gasteiger partial charge in [0.15, 0.2) is 11.6 Å². The predicted molar refractivity (Wildman–Crippen MR) is 90.4 cm³/mol. The van der Waals surface area contributed by atoms with Gasteiger partial charge in [0.05, 0.1) is 19.2 Å². The molecule has 2 amide bonds. The van der Waals surface area contributed by atoms with Gasteiger partial charge in [0.25, 0.3) is 0 Å². The lowest BCUT2D eigenvalue weighted by Gasteiger charge is -2.29. The molecule has 3 rings (SSSR count). The van der Waals surface area contributed by atoms with Crippen LogP contribution in [0.15, 0.2) is 30.3 Å². The molecule has 1 unspecified atom stereocenters. The number of aromatic nitrogens is 3. The number of ether oxygens (including phenoxy) is 1. The summed E-state index contributed by atoms with van der Waals surface area (Å²) in [6.07, 6.45) is 0.835. The molecule has 2 aromatic rings. The van der Waals surface area contributed by atoms with Gasteiger partial charge in [-0.25, -0.2) is 4.79 Å². The van der Waals surface area contributed by atoms with E-state index in [2.05, 4.69) is 20.1 Å². The molecule has 0 fully saturated rings. The van der Waals surface area contributed by atoms with E-state index in [0.29, 0.717) is 26.2 Å². The van der Waals surface area contributed by atoms with Gasteiger partial charge in [-0.1, -0.05) is 37.3 Å². The number of hydrogen-bond donors (Lipinski definition) is 1. The van der Waals surface area contributed by atoms with Crippen molar-refractivity contribution in [2.75, 3.05) is 20.3 Å². The van der Waals surface area contributed by atoms with Crippen LogP contribution in [0.5, 0.6) is 0 Å². The van der Waals surface area contributed by atoms with E-state index in [4.69, 9.17) is 4.74 Å². The highest BCUT2D eigenvalue weighted by atomic mass is 16.5. The Morgan fingerprint density at radius 2 is 2.08 bits per heavy atom. The Balaban J connectivity index is 1.69. The lowest BCUT2D eigenvalue weighted by molar-refractivity contribution is 0.147. The largest absolute Gasteiger partial charge is 0.383 e. The third-order valence-electron chi connectivity index (χ3n) is 4.26. The van der Waals surface area contributed by atoms with Gasteiger partial charge in [-0.05, 0) is 6.42 Å². The van der Waals surface area contributed by atoms with Crippen LogP contribution in [0.25, 0.3) is 11.4 Å². The summed E-state index contributed by atoms with van der Waals surface area (Å²) in [5.41, 5.74) is 1.04. The Morgan fingerprint density at radius 3 is 2.79 bits per heavy atom. The van der Waals surface area contributed by atoms with Crippen molar-refractivity contribution in [2.24, 2.45) is 0 Å². The number of benzene rings is 1. The summed E-state index contributed by atoms with van der Waals surface area (Å²) in [5.74, 6) is 1.67. The summed E-state index contributed by atoms with van der Waals surface area (Å²) in [6, 6.07) is 9.95. The van der Waals surface area contributed by atoms with Crippen molar-refractivity contribution >= 4 is 6.03 Å². The summed E-state index contributed by atoms with van der Waals surface area (Å²) < 4.78 is 7.22. The first-order valence-corrected chi connectivity index (χ1v) is 8.24. The first-order valence-electron chi connectivity index (χ1n) is 8.24. The molecule has 128 valence electrons. The number of carbonyl (C=O) groups is 1. The van der Waals surface area contributed by atoms with Crippen LogP contribution in [0.3, 0.4) is 0 Å². The maximum Gasteiger partial charge on any atom is 0.318 e.